The maximum Gasteiger partial charge on any atom is 0.449 e. The smallest absolute Gasteiger partial charge is 0.449 e. The zero-order valence-electron chi connectivity index (χ0n) is 6.20. The zero-order chi connectivity index (χ0) is 10.1. The molecule has 0 aromatic carbocycles. The number of halogens is 5. The summed E-state index contributed by atoms with van der Waals surface area (Å²) in [5.41, 5.74) is 0. The van der Waals surface area contributed by atoms with Crippen LogP contribution in [0, 0.1) is 0 Å². The van der Waals surface area contributed by atoms with Crippen LogP contribution in [0.4, 0.5) is 22.0 Å². The van der Waals surface area contributed by atoms with E-state index in [0.29, 0.717) is 6.61 Å². The number of epoxide rings is 1. The van der Waals surface area contributed by atoms with Crippen molar-refractivity contribution in [3.05, 3.63) is 11.8 Å². The van der Waals surface area contributed by atoms with Crippen LogP contribution < -0.4 is 0 Å². The van der Waals surface area contributed by atoms with E-state index in [4.69, 9.17) is 0 Å². The third-order valence-electron chi connectivity index (χ3n) is 1.22. The highest BCUT2D eigenvalue weighted by molar-refractivity contribution is 5.00. The molecule has 76 valence electrons. The summed E-state index contributed by atoms with van der Waals surface area (Å²) in [6.07, 6.45) is -5.76. The average molecular weight is 204 g/mol. The molecule has 13 heavy (non-hydrogen) atoms. The minimum Gasteiger partial charge on any atom is -0.466 e. The maximum atomic E-state index is 12.2. The standard InChI is InChI=1S/C6H5F5O2/c7-4(6(9,10)11)5(8)13-2-3-1-12-3/h3H,1-2H2/b5-4-. The summed E-state index contributed by atoms with van der Waals surface area (Å²) in [6.45, 7) is -0.115. The summed E-state index contributed by atoms with van der Waals surface area (Å²) in [4.78, 5) is 0. The molecule has 1 aliphatic rings. The van der Waals surface area contributed by atoms with Gasteiger partial charge < -0.3 is 9.47 Å². The lowest BCUT2D eigenvalue weighted by molar-refractivity contribution is -0.116. The van der Waals surface area contributed by atoms with Gasteiger partial charge in [0.2, 0.25) is 0 Å². The highest BCUT2D eigenvalue weighted by atomic mass is 19.4. The van der Waals surface area contributed by atoms with E-state index in [-0.39, 0.29) is 0 Å². The van der Waals surface area contributed by atoms with Crippen LogP contribution >= 0.6 is 0 Å². The molecule has 2 nitrogen and oxygen atoms in total. The molecule has 0 aromatic rings. The molecular formula is C6H5F5O2. The number of rotatable bonds is 3. The second-order valence-electron chi connectivity index (χ2n) is 2.35. The molecule has 0 spiro atoms. The van der Waals surface area contributed by atoms with E-state index in [1.807, 2.05) is 0 Å². The lowest BCUT2D eigenvalue weighted by atomic mass is 10.5. The van der Waals surface area contributed by atoms with Crippen LogP contribution in [-0.2, 0) is 9.47 Å². The number of hydrogen-bond donors (Lipinski definition) is 0. The molecule has 1 heterocycles. The highest BCUT2D eigenvalue weighted by Crippen LogP contribution is 2.30. The number of alkyl halides is 3. The van der Waals surface area contributed by atoms with Gasteiger partial charge in [-0.25, -0.2) is 0 Å². The summed E-state index contributed by atoms with van der Waals surface area (Å²) in [5.74, 6) is -2.85. The van der Waals surface area contributed by atoms with Gasteiger partial charge in [-0.15, -0.1) is 0 Å². The van der Waals surface area contributed by atoms with Gasteiger partial charge >= 0.3 is 12.2 Å². The average Bonchev–Trinajstić information content (AvgIpc) is 2.80. The van der Waals surface area contributed by atoms with E-state index in [2.05, 4.69) is 9.47 Å². The Kier molecular flexibility index (Phi) is 2.74. The fourth-order valence-electron chi connectivity index (χ4n) is 0.505. The predicted molar refractivity (Wildman–Crippen MR) is 31.0 cm³/mol. The minimum atomic E-state index is -5.34. The van der Waals surface area contributed by atoms with Gasteiger partial charge in [0.15, 0.2) is 0 Å². The summed E-state index contributed by atoms with van der Waals surface area (Å²) in [7, 11) is 0. The molecule has 0 aliphatic carbocycles. The van der Waals surface area contributed by atoms with Gasteiger partial charge in [0.1, 0.15) is 12.7 Å². The molecule has 1 aliphatic heterocycles. The Hall–Kier alpha value is -0.850. The molecule has 1 unspecified atom stereocenters. The van der Waals surface area contributed by atoms with Crippen LogP contribution in [0.1, 0.15) is 0 Å². The first-order valence-corrected chi connectivity index (χ1v) is 3.28. The first-order chi connectivity index (χ1) is 5.91. The third-order valence-corrected chi connectivity index (χ3v) is 1.22. The van der Waals surface area contributed by atoms with E-state index in [1.165, 1.54) is 0 Å². The third kappa shape index (κ3) is 3.17. The molecule has 0 N–H and O–H groups in total. The van der Waals surface area contributed by atoms with Gasteiger partial charge in [-0.3, -0.25) is 0 Å². The Morgan fingerprint density at radius 1 is 1.38 bits per heavy atom. The van der Waals surface area contributed by atoms with Gasteiger partial charge in [-0.2, -0.15) is 22.0 Å². The molecular weight excluding hydrogens is 199 g/mol. The van der Waals surface area contributed by atoms with Gasteiger partial charge in [-0.05, 0) is 0 Å². The predicted octanol–water partition coefficient (Wildman–Crippen LogP) is 2.07. The first-order valence-electron chi connectivity index (χ1n) is 3.28. The maximum absolute atomic E-state index is 12.2. The van der Waals surface area contributed by atoms with Crippen molar-refractivity contribution in [3.63, 3.8) is 0 Å². The Morgan fingerprint density at radius 2 is 1.92 bits per heavy atom. The molecule has 1 saturated heterocycles. The van der Waals surface area contributed by atoms with Crippen molar-refractivity contribution < 1.29 is 31.4 Å². The molecule has 0 bridgehead atoms. The monoisotopic (exact) mass is 204 g/mol. The molecule has 0 radical (unpaired) electrons. The summed E-state index contributed by atoms with van der Waals surface area (Å²) in [6, 6.07) is -2.25. The summed E-state index contributed by atoms with van der Waals surface area (Å²) < 4.78 is 66.9. The highest BCUT2D eigenvalue weighted by Gasteiger charge is 2.39. The molecule has 1 atom stereocenters. The molecule has 0 saturated carbocycles. The van der Waals surface area contributed by atoms with Crippen molar-refractivity contribution in [2.45, 2.75) is 12.3 Å². The largest absolute Gasteiger partial charge is 0.466 e. The fraction of sp³-hybridized carbons (Fsp3) is 0.667. The Morgan fingerprint density at radius 3 is 2.31 bits per heavy atom. The van der Waals surface area contributed by atoms with Crippen molar-refractivity contribution in [1.29, 1.82) is 0 Å². The Balaban J connectivity index is 2.45. The van der Waals surface area contributed by atoms with E-state index in [0.717, 1.165) is 0 Å². The SMILES string of the molecule is F/C(OCC1CO1)=C(/F)C(F)(F)F. The fourth-order valence-corrected chi connectivity index (χ4v) is 0.505. The molecule has 0 aromatic heterocycles. The topological polar surface area (TPSA) is 21.8 Å². The molecule has 1 rings (SSSR count). The second kappa shape index (κ2) is 3.49. The van der Waals surface area contributed by atoms with Crippen LogP contribution in [0.2, 0.25) is 0 Å². The van der Waals surface area contributed by atoms with E-state index < -0.39 is 30.7 Å². The van der Waals surface area contributed by atoms with Crippen LogP contribution in [0.5, 0.6) is 0 Å². The Labute approximate surface area is 69.9 Å². The van der Waals surface area contributed by atoms with E-state index in [9.17, 15) is 22.0 Å². The summed E-state index contributed by atoms with van der Waals surface area (Å²) >= 11 is 0. The van der Waals surface area contributed by atoms with Gasteiger partial charge in [-0.1, -0.05) is 0 Å². The van der Waals surface area contributed by atoms with Crippen molar-refractivity contribution in [2.24, 2.45) is 0 Å². The van der Waals surface area contributed by atoms with Crippen LogP contribution in [-0.4, -0.2) is 25.5 Å². The molecule has 0 amide bonds. The van der Waals surface area contributed by atoms with Crippen LogP contribution in [0.25, 0.3) is 0 Å². The molecule has 7 heteroatoms. The molecule has 1 fully saturated rings. The number of hydrogen-bond acceptors (Lipinski definition) is 2. The van der Waals surface area contributed by atoms with Crippen molar-refractivity contribution in [3.8, 4) is 0 Å². The van der Waals surface area contributed by atoms with Gasteiger partial charge in [0.05, 0.1) is 6.61 Å². The normalized spacial score (nSPS) is 23.9. The van der Waals surface area contributed by atoms with Crippen LogP contribution in [0.3, 0.4) is 0 Å². The quantitative estimate of drug-likeness (QED) is 0.398. The first kappa shape index (κ1) is 10.2. The van der Waals surface area contributed by atoms with Crippen molar-refractivity contribution >= 4 is 0 Å². The van der Waals surface area contributed by atoms with Crippen LogP contribution in [0.15, 0.2) is 11.8 Å². The van der Waals surface area contributed by atoms with E-state index >= 15 is 0 Å². The summed E-state index contributed by atoms with van der Waals surface area (Å²) in [5, 5.41) is 0. The van der Waals surface area contributed by atoms with Crippen molar-refractivity contribution in [1.82, 2.24) is 0 Å². The number of ether oxygens (including phenoxy) is 2. The second-order valence-corrected chi connectivity index (χ2v) is 2.35. The minimum absolute atomic E-state index is 0.293. The van der Waals surface area contributed by atoms with E-state index in [1.54, 1.807) is 0 Å². The number of allylic oxidation sites excluding steroid dienone is 1. The lowest BCUT2D eigenvalue weighted by Crippen LogP contribution is -2.11. The van der Waals surface area contributed by atoms with Gasteiger partial charge in [0, 0.05) is 0 Å². The zero-order valence-corrected chi connectivity index (χ0v) is 6.20. The van der Waals surface area contributed by atoms with Gasteiger partial charge in [0.25, 0.3) is 5.83 Å². The van der Waals surface area contributed by atoms with Crippen molar-refractivity contribution in [2.75, 3.05) is 13.2 Å². The Bertz CT molecular complexity index is 218. The lowest BCUT2D eigenvalue weighted by Gasteiger charge is -2.05.